The van der Waals surface area contributed by atoms with Crippen molar-refractivity contribution in [3.63, 3.8) is 0 Å². The van der Waals surface area contributed by atoms with Crippen molar-refractivity contribution in [3.05, 3.63) is 77.9 Å². The summed E-state index contributed by atoms with van der Waals surface area (Å²) in [5, 5.41) is 3.14. The van der Waals surface area contributed by atoms with Crippen LogP contribution in [-0.4, -0.2) is 61.0 Å². The summed E-state index contributed by atoms with van der Waals surface area (Å²) >= 11 is 0. The highest BCUT2D eigenvalue weighted by molar-refractivity contribution is 5.81. The van der Waals surface area contributed by atoms with E-state index in [-0.39, 0.29) is 11.9 Å². The van der Waals surface area contributed by atoms with Crippen LogP contribution in [0, 0.1) is 0 Å². The molecule has 0 saturated carbocycles. The second-order valence-electron chi connectivity index (χ2n) is 7.88. The lowest BCUT2D eigenvalue weighted by Crippen LogP contribution is -2.54. The molecule has 29 heavy (non-hydrogen) atoms. The van der Waals surface area contributed by atoms with Gasteiger partial charge >= 0.3 is 0 Å². The van der Waals surface area contributed by atoms with Gasteiger partial charge in [-0.25, -0.2) is 0 Å². The zero-order chi connectivity index (χ0) is 20.5. The lowest BCUT2D eigenvalue weighted by Gasteiger charge is -2.37. The lowest BCUT2D eigenvalue weighted by molar-refractivity contribution is -0.126. The molecule has 0 aliphatic carbocycles. The zero-order valence-electron chi connectivity index (χ0n) is 17.6. The van der Waals surface area contributed by atoms with Gasteiger partial charge in [0.25, 0.3) is 0 Å². The van der Waals surface area contributed by atoms with Crippen LogP contribution < -0.4 is 5.32 Å². The SMILES string of the molecule is C[C@H](C(=O)NC[C@H](C)c1ccccc1)N1CCN(C/C=C/c2ccccc2)CC1. The maximum Gasteiger partial charge on any atom is 0.237 e. The van der Waals surface area contributed by atoms with Gasteiger partial charge in [0.05, 0.1) is 6.04 Å². The smallest absolute Gasteiger partial charge is 0.237 e. The molecule has 1 N–H and O–H groups in total. The van der Waals surface area contributed by atoms with Gasteiger partial charge in [0.1, 0.15) is 0 Å². The van der Waals surface area contributed by atoms with Crippen LogP contribution in [0.1, 0.15) is 30.9 Å². The first-order chi connectivity index (χ1) is 14.1. The normalized spacial score (nSPS) is 17.9. The third kappa shape index (κ3) is 6.55. The quantitative estimate of drug-likeness (QED) is 0.746. The standard InChI is InChI=1S/C25H33N3O/c1-21(24-13-7-4-8-14-24)20-26-25(29)22(2)28-18-16-27(17-19-28)15-9-12-23-10-5-3-6-11-23/h3-14,21-22H,15-20H2,1-2H3,(H,26,29)/b12-9+/t21-,22+/m0/s1. The average molecular weight is 392 g/mol. The topological polar surface area (TPSA) is 35.6 Å². The number of nitrogens with zero attached hydrogens (tertiary/aromatic N) is 2. The van der Waals surface area contributed by atoms with E-state index in [2.05, 4.69) is 70.6 Å². The highest BCUT2D eigenvalue weighted by atomic mass is 16.2. The molecule has 0 spiro atoms. The first-order valence-electron chi connectivity index (χ1n) is 10.6. The van der Waals surface area contributed by atoms with E-state index in [4.69, 9.17) is 0 Å². The summed E-state index contributed by atoms with van der Waals surface area (Å²) < 4.78 is 0. The van der Waals surface area contributed by atoms with Crippen LogP contribution in [0.25, 0.3) is 6.08 Å². The lowest BCUT2D eigenvalue weighted by atomic mass is 10.0. The van der Waals surface area contributed by atoms with Crippen molar-refractivity contribution in [2.45, 2.75) is 25.8 Å². The highest BCUT2D eigenvalue weighted by Crippen LogP contribution is 2.13. The Balaban J connectivity index is 1.38. The molecule has 1 fully saturated rings. The fourth-order valence-corrected chi connectivity index (χ4v) is 3.70. The first kappa shape index (κ1) is 21.3. The van der Waals surface area contributed by atoms with Crippen LogP contribution in [0.2, 0.25) is 0 Å². The van der Waals surface area contributed by atoms with Crippen molar-refractivity contribution >= 4 is 12.0 Å². The molecule has 2 aromatic carbocycles. The van der Waals surface area contributed by atoms with Crippen LogP contribution in [0.4, 0.5) is 0 Å². The van der Waals surface area contributed by atoms with Crippen molar-refractivity contribution in [2.75, 3.05) is 39.3 Å². The Hall–Kier alpha value is -2.43. The fraction of sp³-hybridized carbons (Fsp3) is 0.400. The first-order valence-corrected chi connectivity index (χ1v) is 10.6. The van der Waals surface area contributed by atoms with Gasteiger partial charge in [-0.1, -0.05) is 79.7 Å². The van der Waals surface area contributed by atoms with Gasteiger partial charge in [0.2, 0.25) is 5.91 Å². The molecule has 2 atom stereocenters. The second-order valence-corrected chi connectivity index (χ2v) is 7.88. The van der Waals surface area contributed by atoms with Gasteiger partial charge in [0.15, 0.2) is 0 Å². The second kappa shape index (κ2) is 10.9. The Kier molecular flexibility index (Phi) is 8.03. The largest absolute Gasteiger partial charge is 0.354 e. The maximum atomic E-state index is 12.6. The predicted octanol–water partition coefficient (Wildman–Crippen LogP) is 3.63. The molecule has 4 heteroatoms. The molecule has 154 valence electrons. The Morgan fingerprint density at radius 3 is 2.24 bits per heavy atom. The summed E-state index contributed by atoms with van der Waals surface area (Å²) in [5.74, 6) is 0.450. The zero-order valence-corrected chi connectivity index (χ0v) is 17.6. The minimum Gasteiger partial charge on any atom is -0.354 e. The number of hydrogen-bond acceptors (Lipinski definition) is 3. The van der Waals surface area contributed by atoms with E-state index in [1.165, 1.54) is 11.1 Å². The highest BCUT2D eigenvalue weighted by Gasteiger charge is 2.25. The number of amides is 1. The van der Waals surface area contributed by atoms with Crippen molar-refractivity contribution in [1.82, 2.24) is 15.1 Å². The van der Waals surface area contributed by atoms with Gasteiger partial charge < -0.3 is 5.32 Å². The number of hydrogen-bond donors (Lipinski definition) is 1. The molecular formula is C25H33N3O. The molecule has 0 radical (unpaired) electrons. The molecule has 0 unspecified atom stereocenters. The van der Waals surface area contributed by atoms with E-state index < -0.39 is 0 Å². The summed E-state index contributed by atoms with van der Waals surface area (Å²) in [5.41, 5.74) is 2.50. The van der Waals surface area contributed by atoms with E-state index in [1.54, 1.807) is 0 Å². The van der Waals surface area contributed by atoms with Gasteiger partial charge in [-0.15, -0.1) is 0 Å². The summed E-state index contributed by atoms with van der Waals surface area (Å²) in [7, 11) is 0. The minimum absolute atomic E-state index is 0.0833. The van der Waals surface area contributed by atoms with Crippen molar-refractivity contribution in [3.8, 4) is 0 Å². The maximum absolute atomic E-state index is 12.6. The van der Waals surface area contributed by atoms with Crippen LogP contribution >= 0.6 is 0 Å². The number of nitrogens with one attached hydrogen (secondary N) is 1. The number of carbonyl (C=O) groups excluding carboxylic acids is 1. The molecule has 1 aliphatic heterocycles. The van der Waals surface area contributed by atoms with E-state index in [0.717, 1.165) is 32.7 Å². The van der Waals surface area contributed by atoms with Crippen molar-refractivity contribution in [2.24, 2.45) is 0 Å². The third-order valence-corrected chi connectivity index (χ3v) is 5.76. The Morgan fingerprint density at radius 2 is 1.59 bits per heavy atom. The minimum atomic E-state index is -0.0833. The molecule has 0 aromatic heterocycles. The van der Waals surface area contributed by atoms with E-state index >= 15 is 0 Å². The van der Waals surface area contributed by atoms with Crippen LogP contribution in [-0.2, 0) is 4.79 Å². The molecule has 3 rings (SSSR count). The molecular weight excluding hydrogens is 358 g/mol. The average Bonchev–Trinajstić information content (AvgIpc) is 2.78. The van der Waals surface area contributed by atoms with E-state index in [1.807, 2.05) is 31.2 Å². The van der Waals surface area contributed by atoms with Gasteiger partial charge in [-0.3, -0.25) is 14.6 Å². The summed E-state index contributed by atoms with van der Waals surface area (Å²) in [6, 6.07) is 20.7. The van der Waals surface area contributed by atoms with Crippen LogP contribution in [0.3, 0.4) is 0 Å². The third-order valence-electron chi connectivity index (χ3n) is 5.76. The van der Waals surface area contributed by atoms with Crippen LogP contribution in [0.15, 0.2) is 66.7 Å². The van der Waals surface area contributed by atoms with Gasteiger partial charge in [0, 0.05) is 39.3 Å². The number of rotatable bonds is 8. The Bertz CT molecular complexity index is 767. The Morgan fingerprint density at radius 1 is 0.966 bits per heavy atom. The molecule has 1 saturated heterocycles. The predicted molar refractivity (Wildman–Crippen MR) is 121 cm³/mol. The molecule has 1 amide bonds. The van der Waals surface area contributed by atoms with Gasteiger partial charge in [-0.05, 0) is 24.0 Å². The molecule has 0 bridgehead atoms. The molecule has 2 aromatic rings. The van der Waals surface area contributed by atoms with Crippen molar-refractivity contribution in [1.29, 1.82) is 0 Å². The monoisotopic (exact) mass is 391 g/mol. The summed E-state index contributed by atoms with van der Waals surface area (Å²) in [6.07, 6.45) is 4.41. The number of carbonyl (C=O) groups is 1. The Labute approximate surface area is 175 Å². The molecule has 1 aliphatic rings. The van der Waals surface area contributed by atoms with Crippen LogP contribution in [0.5, 0.6) is 0 Å². The summed E-state index contributed by atoms with van der Waals surface area (Å²) in [4.78, 5) is 17.3. The fourth-order valence-electron chi connectivity index (χ4n) is 3.70. The number of piperazine rings is 1. The number of benzene rings is 2. The van der Waals surface area contributed by atoms with Gasteiger partial charge in [-0.2, -0.15) is 0 Å². The van der Waals surface area contributed by atoms with E-state index in [9.17, 15) is 4.79 Å². The molecule has 1 heterocycles. The van der Waals surface area contributed by atoms with E-state index in [0.29, 0.717) is 12.5 Å². The molecule has 4 nitrogen and oxygen atoms in total. The van der Waals surface area contributed by atoms with Crippen molar-refractivity contribution < 1.29 is 4.79 Å². The summed E-state index contributed by atoms with van der Waals surface area (Å²) in [6.45, 7) is 9.67.